The first kappa shape index (κ1) is 16.2. The van der Waals surface area contributed by atoms with Crippen molar-refractivity contribution in [2.45, 2.75) is 19.3 Å². The lowest BCUT2D eigenvalue weighted by Crippen LogP contribution is -2.30. The van der Waals surface area contributed by atoms with Crippen molar-refractivity contribution < 1.29 is 14.3 Å². The summed E-state index contributed by atoms with van der Waals surface area (Å²) in [5.41, 5.74) is 0.285. The Kier molecular flexibility index (Phi) is 5.58. The van der Waals surface area contributed by atoms with Crippen molar-refractivity contribution >= 4 is 27.6 Å². The molecule has 0 unspecified atom stereocenters. The lowest BCUT2D eigenvalue weighted by molar-refractivity contribution is 0.0695. The highest BCUT2D eigenvalue weighted by atomic mass is 79.9. The van der Waals surface area contributed by atoms with E-state index in [-0.39, 0.29) is 10.0 Å². The molecular weight excluding hydrogens is 339 g/mol. The number of anilines is 1. The van der Waals surface area contributed by atoms with E-state index in [1.54, 1.807) is 0 Å². The lowest BCUT2D eigenvalue weighted by Gasteiger charge is -2.29. The predicted molar refractivity (Wildman–Crippen MR) is 84.4 cm³/mol. The molecule has 2 N–H and O–H groups in total. The summed E-state index contributed by atoms with van der Waals surface area (Å²) in [7, 11) is 2.13. The summed E-state index contributed by atoms with van der Waals surface area (Å²) >= 11 is 3.01. The van der Waals surface area contributed by atoms with Crippen LogP contribution < -0.4 is 5.32 Å². The van der Waals surface area contributed by atoms with Crippen molar-refractivity contribution in [1.82, 2.24) is 4.90 Å². The summed E-state index contributed by atoms with van der Waals surface area (Å²) in [6, 6.07) is 2.89. The van der Waals surface area contributed by atoms with E-state index in [0.717, 1.165) is 19.5 Å². The lowest BCUT2D eigenvalue weighted by atomic mass is 9.94. The fourth-order valence-electron chi connectivity index (χ4n) is 2.61. The number of halogens is 2. The number of rotatable bonds is 5. The number of benzene rings is 1. The molecule has 6 heteroatoms. The Morgan fingerprint density at radius 3 is 2.76 bits per heavy atom. The molecule has 1 aromatic carbocycles. The second-order valence-corrected chi connectivity index (χ2v) is 6.35. The molecule has 1 aromatic rings. The summed E-state index contributed by atoms with van der Waals surface area (Å²) in [6.45, 7) is 2.94. The zero-order valence-electron chi connectivity index (χ0n) is 12.0. The number of hydrogen-bond donors (Lipinski definition) is 2. The normalized spacial score (nSPS) is 16.9. The minimum Gasteiger partial charge on any atom is -0.478 e. The third-order valence-corrected chi connectivity index (χ3v) is 4.79. The highest BCUT2D eigenvalue weighted by Gasteiger charge is 2.18. The first-order valence-corrected chi connectivity index (χ1v) is 7.92. The first-order chi connectivity index (χ1) is 9.99. The molecule has 1 aliphatic rings. The zero-order valence-corrected chi connectivity index (χ0v) is 13.6. The van der Waals surface area contributed by atoms with Gasteiger partial charge in [0.2, 0.25) is 0 Å². The number of carbonyl (C=O) groups is 1. The van der Waals surface area contributed by atoms with Crippen LogP contribution in [0.15, 0.2) is 16.6 Å². The Hall–Kier alpha value is -1.14. The van der Waals surface area contributed by atoms with Crippen LogP contribution in [0.25, 0.3) is 0 Å². The topological polar surface area (TPSA) is 52.6 Å². The Morgan fingerprint density at radius 1 is 1.48 bits per heavy atom. The molecule has 0 atom stereocenters. The summed E-state index contributed by atoms with van der Waals surface area (Å²) in [5, 5.41) is 12.0. The Bertz CT molecular complexity index is 517. The third-order valence-electron chi connectivity index (χ3n) is 4.02. The molecule has 0 aliphatic carbocycles. The van der Waals surface area contributed by atoms with E-state index in [9.17, 15) is 9.18 Å². The maximum Gasteiger partial charge on any atom is 0.336 e. The van der Waals surface area contributed by atoms with Crippen molar-refractivity contribution in [3.05, 3.63) is 28.0 Å². The molecule has 2 rings (SSSR count). The van der Waals surface area contributed by atoms with Crippen LogP contribution in [0.2, 0.25) is 0 Å². The molecule has 0 radical (unpaired) electrons. The van der Waals surface area contributed by atoms with Crippen LogP contribution in [0.4, 0.5) is 10.1 Å². The van der Waals surface area contributed by atoms with Gasteiger partial charge in [0.25, 0.3) is 0 Å². The van der Waals surface area contributed by atoms with Gasteiger partial charge in [-0.25, -0.2) is 9.18 Å². The average molecular weight is 359 g/mol. The summed E-state index contributed by atoms with van der Waals surface area (Å²) in [6.07, 6.45) is 3.37. The summed E-state index contributed by atoms with van der Waals surface area (Å²) in [5.74, 6) is -1.00. The van der Waals surface area contributed by atoms with Gasteiger partial charge >= 0.3 is 5.97 Å². The van der Waals surface area contributed by atoms with Gasteiger partial charge in [0.1, 0.15) is 0 Å². The van der Waals surface area contributed by atoms with E-state index in [1.807, 2.05) is 0 Å². The van der Waals surface area contributed by atoms with Gasteiger partial charge < -0.3 is 15.3 Å². The predicted octanol–water partition coefficient (Wildman–Crippen LogP) is 3.43. The molecule has 1 heterocycles. The fraction of sp³-hybridized carbons (Fsp3) is 0.533. The molecule has 0 spiro atoms. The number of piperidine rings is 1. The SMILES string of the molecule is CN1CCC(CCNc2ccc(C(=O)O)c(Br)c2F)CC1. The van der Waals surface area contributed by atoms with Crippen molar-refractivity contribution in [3.63, 3.8) is 0 Å². The van der Waals surface area contributed by atoms with Gasteiger partial charge in [-0.3, -0.25) is 0 Å². The molecular formula is C15H20BrFN2O2. The van der Waals surface area contributed by atoms with Crippen LogP contribution in [0, 0.1) is 11.7 Å². The van der Waals surface area contributed by atoms with E-state index in [4.69, 9.17) is 5.11 Å². The van der Waals surface area contributed by atoms with E-state index >= 15 is 0 Å². The van der Waals surface area contributed by atoms with Crippen LogP contribution in [0.3, 0.4) is 0 Å². The fourth-order valence-corrected chi connectivity index (χ4v) is 3.13. The molecule has 4 nitrogen and oxygen atoms in total. The molecule has 0 amide bonds. The van der Waals surface area contributed by atoms with E-state index < -0.39 is 11.8 Å². The van der Waals surface area contributed by atoms with E-state index in [2.05, 4.69) is 33.2 Å². The molecule has 0 aromatic heterocycles. The monoisotopic (exact) mass is 358 g/mol. The Labute approximate surface area is 132 Å². The standard InChI is InChI=1S/C15H20BrFN2O2/c1-19-8-5-10(6-9-19)4-7-18-12-3-2-11(15(20)21)13(16)14(12)17/h2-3,10,18H,4-9H2,1H3,(H,20,21). The third kappa shape index (κ3) is 4.17. The minimum atomic E-state index is -1.14. The number of hydrogen-bond acceptors (Lipinski definition) is 3. The first-order valence-electron chi connectivity index (χ1n) is 7.12. The van der Waals surface area contributed by atoms with Gasteiger partial charge in [0.15, 0.2) is 5.82 Å². The van der Waals surface area contributed by atoms with Gasteiger partial charge in [-0.05, 0) is 73.4 Å². The minimum absolute atomic E-state index is 0.000656. The van der Waals surface area contributed by atoms with Crippen LogP contribution in [0.1, 0.15) is 29.6 Å². The second-order valence-electron chi connectivity index (χ2n) is 5.56. The van der Waals surface area contributed by atoms with Crippen molar-refractivity contribution in [1.29, 1.82) is 0 Å². The molecule has 21 heavy (non-hydrogen) atoms. The number of carboxylic acids is 1. The molecule has 1 saturated heterocycles. The molecule has 0 saturated carbocycles. The number of aromatic carboxylic acids is 1. The molecule has 116 valence electrons. The maximum atomic E-state index is 14.1. The van der Waals surface area contributed by atoms with E-state index in [0.29, 0.717) is 18.2 Å². The Morgan fingerprint density at radius 2 is 2.14 bits per heavy atom. The van der Waals surface area contributed by atoms with Crippen molar-refractivity contribution in [2.24, 2.45) is 5.92 Å². The number of carboxylic acid groups (broad SMARTS) is 1. The second kappa shape index (κ2) is 7.22. The quantitative estimate of drug-likeness (QED) is 0.846. The van der Waals surface area contributed by atoms with Gasteiger partial charge in [0.05, 0.1) is 15.7 Å². The van der Waals surface area contributed by atoms with Gasteiger partial charge in [-0.15, -0.1) is 0 Å². The molecule has 0 bridgehead atoms. The maximum absolute atomic E-state index is 14.1. The number of nitrogens with zero attached hydrogens (tertiary/aromatic N) is 1. The summed E-state index contributed by atoms with van der Waals surface area (Å²) in [4.78, 5) is 13.2. The number of likely N-dealkylation sites (tertiary alicyclic amines) is 1. The van der Waals surface area contributed by atoms with Crippen molar-refractivity contribution in [2.75, 3.05) is 32.0 Å². The Balaban J connectivity index is 1.89. The highest BCUT2D eigenvalue weighted by molar-refractivity contribution is 9.10. The van der Waals surface area contributed by atoms with Gasteiger partial charge in [-0.2, -0.15) is 0 Å². The summed E-state index contributed by atoms with van der Waals surface area (Å²) < 4.78 is 14.1. The number of nitrogens with one attached hydrogen (secondary N) is 1. The van der Waals surface area contributed by atoms with Gasteiger partial charge in [-0.1, -0.05) is 0 Å². The van der Waals surface area contributed by atoms with Crippen LogP contribution >= 0.6 is 15.9 Å². The van der Waals surface area contributed by atoms with Crippen LogP contribution in [-0.4, -0.2) is 42.7 Å². The largest absolute Gasteiger partial charge is 0.478 e. The molecule has 1 fully saturated rings. The molecule has 1 aliphatic heterocycles. The van der Waals surface area contributed by atoms with Crippen molar-refractivity contribution in [3.8, 4) is 0 Å². The van der Waals surface area contributed by atoms with E-state index in [1.165, 1.54) is 25.0 Å². The average Bonchev–Trinajstić information content (AvgIpc) is 2.45. The zero-order chi connectivity index (χ0) is 15.4. The van der Waals surface area contributed by atoms with Gasteiger partial charge in [0, 0.05) is 6.54 Å². The van der Waals surface area contributed by atoms with Crippen LogP contribution in [0.5, 0.6) is 0 Å². The smallest absolute Gasteiger partial charge is 0.336 e. The van der Waals surface area contributed by atoms with Crippen LogP contribution in [-0.2, 0) is 0 Å². The highest BCUT2D eigenvalue weighted by Crippen LogP contribution is 2.27.